The first-order valence-corrected chi connectivity index (χ1v) is 9.22. The molecule has 0 aliphatic carbocycles. The second-order valence-electron chi connectivity index (χ2n) is 6.53. The van der Waals surface area contributed by atoms with Crippen molar-refractivity contribution < 1.29 is 4.79 Å². The van der Waals surface area contributed by atoms with Crippen LogP contribution in [-0.2, 0) is 11.2 Å². The molecule has 24 heavy (non-hydrogen) atoms. The van der Waals surface area contributed by atoms with Crippen molar-refractivity contribution in [2.24, 2.45) is 5.92 Å². The van der Waals surface area contributed by atoms with Crippen LogP contribution in [0.15, 0.2) is 4.79 Å². The Balaban J connectivity index is 1.66. The van der Waals surface area contributed by atoms with Gasteiger partial charge in [-0.1, -0.05) is 0 Å². The van der Waals surface area contributed by atoms with Gasteiger partial charge in [0.2, 0.25) is 5.91 Å². The molecular formula is C17H24N4O2S. The van der Waals surface area contributed by atoms with E-state index in [-0.39, 0.29) is 11.5 Å². The largest absolute Gasteiger partial charge is 0.342 e. The molecule has 130 valence electrons. The highest BCUT2D eigenvalue weighted by Crippen LogP contribution is 2.25. The van der Waals surface area contributed by atoms with Gasteiger partial charge in [-0.15, -0.1) is 11.3 Å². The van der Waals surface area contributed by atoms with E-state index >= 15 is 0 Å². The van der Waals surface area contributed by atoms with E-state index in [2.05, 4.69) is 15.3 Å². The van der Waals surface area contributed by atoms with Crippen LogP contribution >= 0.6 is 11.3 Å². The van der Waals surface area contributed by atoms with Crippen molar-refractivity contribution >= 4 is 27.5 Å². The molecule has 1 aliphatic heterocycles. The highest BCUT2D eigenvalue weighted by atomic mass is 32.1. The molecule has 2 N–H and O–H groups in total. The Hall–Kier alpha value is -1.73. The molecule has 2 aromatic heterocycles. The van der Waals surface area contributed by atoms with Gasteiger partial charge in [-0.3, -0.25) is 9.59 Å². The van der Waals surface area contributed by atoms with Gasteiger partial charge in [0.1, 0.15) is 10.7 Å². The van der Waals surface area contributed by atoms with Gasteiger partial charge in [-0.2, -0.15) is 0 Å². The van der Waals surface area contributed by atoms with E-state index in [1.54, 1.807) is 0 Å². The van der Waals surface area contributed by atoms with Gasteiger partial charge in [-0.25, -0.2) is 4.98 Å². The lowest BCUT2D eigenvalue weighted by Gasteiger charge is -2.16. The Morgan fingerprint density at radius 3 is 3.00 bits per heavy atom. The quantitative estimate of drug-likeness (QED) is 0.860. The Bertz CT molecular complexity index is 811. The van der Waals surface area contributed by atoms with E-state index in [0.717, 1.165) is 41.3 Å². The Morgan fingerprint density at radius 2 is 2.25 bits per heavy atom. The summed E-state index contributed by atoms with van der Waals surface area (Å²) < 4.78 is 0. The maximum atomic E-state index is 12.4. The molecule has 6 nitrogen and oxygen atoms in total. The minimum atomic E-state index is -0.0976. The van der Waals surface area contributed by atoms with Gasteiger partial charge in [0, 0.05) is 30.8 Å². The van der Waals surface area contributed by atoms with E-state index < -0.39 is 0 Å². The van der Waals surface area contributed by atoms with Crippen LogP contribution in [0.3, 0.4) is 0 Å². The summed E-state index contributed by atoms with van der Waals surface area (Å²) in [7, 11) is 1.94. The molecule has 0 radical (unpaired) electrons. The molecule has 0 bridgehead atoms. The molecule has 3 rings (SSSR count). The minimum absolute atomic E-state index is 0.0976. The number of H-pyrrole nitrogens is 1. The number of carbonyl (C=O) groups excluding carboxylic acids is 1. The number of nitrogens with zero attached hydrogens (tertiary/aromatic N) is 2. The van der Waals surface area contributed by atoms with Gasteiger partial charge in [0.25, 0.3) is 5.56 Å². The zero-order chi connectivity index (χ0) is 17.3. The smallest absolute Gasteiger partial charge is 0.259 e. The van der Waals surface area contributed by atoms with E-state index in [1.165, 1.54) is 11.3 Å². The molecule has 1 fully saturated rings. The van der Waals surface area contributed by atoms with Crippen LogP contribution in [0, 0.1) is 19.8 Å². The molecule has 7 heteroatoms. The molecule has 1 saturated heterocycles. The van der Waals surface area contributed by atoms with Crippen LogP contribution in [-0.4, -0.2) is 47.5 Å². The van der Waals surface area contributed by atoms with Crippen LogP contribution in [0.1, 0.15) is 29.1 Å². The van der Waals surface area contributed by atoms with Crippen LogP contribution in [0.4, 0.5) is 0 Å². The van der Waals surface area contributed by atoms with Crippen molar-refractivity contribution in [3.8, 4) is 0 Å². The summed E-state index contributed by atoms with van der Waals surface area (Å²) in [5.41, 5.74) is 0.901. The standard InChI is InChI=1S/C17H24N4O2S/c1-10-11(2)24-17-15(10)16(23)19-13(20-17)4-5-14(22)21-7-6-12(9-21)8-18-3/h12,18H,4-9H2,1-3H3,(H,19,20,23). The maximum absolute atomic E-state index is 12.4. The predicted molar refractivity (Wildman–Crippen MR) is 96.6 cm³/mol. The highest BCUT2D eigenvalue weighted by molar-refractivity contribution is 7.18. The third-order valence-electron chi connectivity index (χ3n) is 4.80. The molecule has 2 aromatic rings. The lowest BCUT2D eigenvalue weighted by atomic mass is 10.1. The Morgan fingerprint density at radius 1 is 1.46 bits per heavy atom. The number of hydrogen-bond acceptors (Lipinski definition) is 5. The number of amides is 1. The zero-order valence-corrected chi connectivity index (χ0v) is 15.3. The number of aromatic amines is 1. The number of carbonyl (C=O) groups is 1. The molecule has 3 heterocycles. The van der Waals surface area contributed by atoms with Gasteiger partial charge in [0.05, 0.1) is 5.39 Å². The highest BCUT2D eigenvalue weighted by Gasteiger charge is 2.25. The second kappa shape index (κ2) is 7.03. The van der Waals surface area contributed by atoms with Crippen molar-refractivity contribution in [1.82, 2.24) is 20.2 Å². The van der Waals surface area contributed by atoms with Crippen LogP contribution in [0.2, 0.25) is 0 Å². The first-order chi connectivity index (χ1) is 11.5. The summed E-state index contributed by atoms with van der Waals surface area (Å²) in [6.07, 6.45) is 1.93. The van der Waals surface area contributed by atoms with Gasteiger partial charge in [0.15, 0.2) is 0 Å². The molecule has 1 aliphatic rings. The topological polar surface area (TPSA) is 78.1 Å². The molecule has 0 spiro atoms. The second-order valence-corrected chi connectivity index (χ2v) is 7.73. The fourth-order valence-corrected chi connectivity index (χ4v) is 4.36. The van der Waals surface area contributed by atoms with Crippen molar-refractivity contribution in [2.45, 2.75) is 33.1 Å². The molecule has 1 atom stereocenters. The predicted octanol–water partition coefficient (Wildman–Crippen LogP) is 1.60. The fraction of sp³-hybridized carbons (Fsp3) is 0.588. The number of hydrogen-bond donors (Lipinski definition) is 2. The van der Waals surface area contributed by atoms with Gasteiger partial charge in [-0.05, 0) is 45.3 Å². The molecule has 1 amide bonds. The SMILES string of the molecule is CNCC1CCN(C(=O)CCc2nc3sc(C)c(C)c3c(=O)[nH]2)C1. The summed E-state index contributed by atoms with van der Waals surface area (Å²) in [5, 5.41) is 3.85. The first kappa shape index (κ1) is 17.1. The average Bonchev–Trinajstić information content (AvgIpc) is 3.11. The lowest BCUT2D eigenvalue weighted by Crippen LogP contribution is -2.30. The maximum Gasteiger partial charge on any atom is 0.259 e. The lowest BCUT2D eigenvalue weighted by molar-refractivity contribution is -0.130. The van der Waals surface area contributed by atoms with Crippen LogP contribution < -0.4 is 10.9 Å². The number of nitrogens with one attached hydrogen (secondary N) is 2. The third-order valence-corrected chi connectivity index (χ3v) is 5.90. The van der Waals surface area contributed by atoms with E-state index in [9.17, 15) is 9.59 Å². The third kappa shape index (κ3) is 3.37. The monoisotopic (exact) mass is 348 g/mol. The molecule has 0 saturated carbocycles. The van der Waals surface area contributed by atoms with Gasteiger partial charge < -0.3 is 15.2 Å². The normalized spacial score (nSPS) is 17.8. The van der Waals surface area contributed by atoms with Crippen LogP contribution in [0.25, 0.3) is 10.2 Å². The molecule has 1 unspecified atom stereocenters. The zero-order valence-electron chi connectivity index (χ0n) is 14.4. The van der Waals surface area contributed by atoms with Crippen LogP contribution in [0.5, 0.6) is 0 Å². The minimum Gasteiger partial charge on any atom is -0.342 e. The summed E-state index contributed by atoms with van der Waals surface area (Å²) in [4.78, 5) is 35.8. The summed E-state index contributed by atoms with van der Waals surface area (Å²) in [6, 6.07) is 0. The number of rotatable bonds is 5. The number of likely N-dealkylation sites (tertiary alicyclic amines) is 1. The number of aromatic nitrogens is 2. The number of fused-ring (bicyclic) bond motifs is 1. The number of thiophene rings is 1. The van der Waals surface area contributed by atoms with E-state index in [4.69, 9.17) is 0 Å². The Labute approximate surface area is 145 Å². The van der Waals surface area contributed by atoms with Crippen molar-refractivity contribution in [2.75, 3.05) is 26.7 Å². The molecular weight excluding hydrogens is 324 g/mol. The van der Waals surface area contributed by atoms with Crippen molar-refractivity contribution in [3.05, 3.63) is 26.6 Å². The average molecular weight is 348 g/mol. The molecule has 0 aromatic carbocycles. The summed E-state index contributed by atoms with van der Waals surface area (Å²) in [5.74, 6) is 1.30. The Kier molecular flexibility index (Phi) is 5.01. The fourth-order valence-electron chi connectivity index (χ4n) is 3.32. The van der Waals surface area contributed by atoms with E-state index in [0.29, 0.717) is 30.0 Å². The summed E-state index contributed by atoms with van der Waals surface area (Å²) >= 11 is 1.54. The van der Waals surface area contributed by atoms with Crippen molar-refractivity contribution in [1.29, 1.82) is 0 Å². The van der Waals surface area contributed by atoms with E-state index in [1.807, 2.05) is 25.8 Å². The van der Waals surface area contributed by atoms with Crippen molar-refractivity contribution in [3.63, 3.8) is 0 Å². The summed E-state index contributed by atoms with van der Waals surface area (Å²) in [6.45, 7) is 6.55. The first-order valence-electron chi connectivity index (χ1n) is 8.41. The van der Waals surface area contributed by atoms with Gasteiger partial charge >= 0.3 is 0 Å². The number of aryl methyl sites for hydroxylation is 3.